The highest BCUT2D eigenvalue weighted by Crippen LogP contribution is 2.18. The Balaban J connectivity index is 2.92. The van der Waals surface area contributed by atoms with E-state index in [0.717, 1.165) is 5.56 Å². The molecule has 3 nitrogen and oxygen atoms in total. The minimum Gasteiger partial charge on any atom is -0.508 e. The summed E-state index contributed by atoms with van der Waals surface area (Å²) in [5.41, 5.74) is 1.33. The fourth-order valence-electron chi connectivity index (χ4n) is 1.02. The van der Waals surface area contributed by atoms with Crippen LogP contribution in [0.15, 0.2) is 24.3 Å². The lowest BCUT2D eigenvalue weighted by Crippen LogP contribution is -1.85. The summed E-state index contributed by atoms with van der Waals surface area (Å²) < 4.78 is 0. The molecule has 0 radical (unpaired) electrons. The van der Waals surface area contributed by atoms with Crippen LogP contribution in [0.5, 0.6) is 5.75 Å². The molecule has 0 saturated carbocycles. The first kappa shape index (κ1) is 9.77. The number of aromatic hydroxyl groups is 1. The molecule has 0 spiro atoms. The van der Waals surface area contributed by atoms with Crippen LogP contribution >= 0.6 is 0 Å². The highest BCUT2D eigenvalue weighted by atomic mass is 16.3. The lowest BCUT2D eigenvalue weighted by molar-refractivity contribution is 0.275. The molecule has 0 atom stereocenters. The van der Waals surface area contributed by atoms with E-state index in [1.807, 2.05) is 0 Å². The molecule has 0 heterocycles. The highest BCUT2D eigenvalue weighted by Gasteiger charge is 1.98. The Kier molecular flexibility index (Phi) is 3.49. The molecule has 0 aliphatic carbocycles. The number of aliphatic hydroxyl groups excluding tert-OH is 2. The zero-order chi connectivity index (χ0) is 9.68. The molecule has 0 aliphatic heterocycles. The van der Waals surface area contributed by atoms with Crippen molar-refractivity contribution in [3.05, 3.63) is 35.4 Å². The Bertz CT molecular complexity index is 305. The van der Waals surface area contributed by atoms with Crippen molar-refractivity contribution >= 4 is 6.08 Å². The molecule has 13 heavy (non-hydrogen) atoms. The van der Waals surface area contributed by atoms with Crippen LogP contribution < -0.4 is 0 Å². The molecule has 3 heteroatoms. The van der Waals surface area contributed by atoms with E-state index in [2.05, 4.69) is 0 Å². The van der Waals surface area contributed by atoms with Crippen molar-refractivity contribution in [3.63, 3.8) is 0 Å². The maximum Gasteiger partial charge on any atom is 0.121 e. The van der Waals surface area contributed by atoms with Crippen molar-refractivity contribution in [2.45, 2.75) is 6.61 Å². The van der Waals surface area contributed by atoms with Crippen LogP contribution in [-0.4, -0.2) is 21.9 Å². The lowest BCUT2D eigenvalue weighted by Gasteiger charge is -2.01. The molecular formula is C10H12O3. The average molecular weight is 180 g/mol. The van der Waals surface area contributed by atoms with Gasteiger partial charge in [-0.3, -0.25) is 0 Å². The summed E-state index contributed by atoms with van der Waals surface area (Å²) in [5.74, 6) is 0.0867. The van der Waals surface area contributed by atoms with Crippen LogP contribution in [0.4, 0.5) is 0 Å². The van der Waals surface area contributed by atoms with E-state index in [0.29, 0.717) is 5.56 Å². The van der Waals surface area contributed by atoms with Gasteiger partial charge in [-0.1, -0.05) is 18.2 Å². The molecule has 0 aromatic heterocycles. The topological polar surface area (TPSA) is 60.7 Å². The molecule has 0 unspecified atom stereocenters. The summed E-state index contributed by atoms with van der Waals surface area (Å²) >= 11 is 0. The molecule has 0 fully saturated rings. The van der Waals surface area contributed by atoms with Crippen LogP contribution in [0.1, 0.15) is 11.1 Å². The Morgan fingerprint density at radius 3 is 2.62 bits per heavy atom. The quantitative estimate of drug-likeness (QED) is 0.647. The molecule has 70 valence electrons. The minimum atomic E-state index is -0.188. The largest absolute Gasteiger partial charge is 0.508 e. The summed E-state index contributed by atoms with van der Waals surface area (Å²) in [6, 6.07) is 4.89. The van der Waals surface area contributed by atoms with Gasteiger partial charge in [-0.15, -0.1) is 0 Å². The van der Waals surface area contributed by atoms with Crippen LogP contribution in [-0.2, 0) is 6.61 Å². The molecule has 0 amide bonds. The smallest absolute Gasteiger partial charge is 0.121 e. The zero-order valence-electron chi connectivity index (χ0n) is 7.14. The molecule has 0 bridgehead atoms. The van der Waals surface area contributed by atoms with Gasteiger partial charge in [0.15, 0.2) is 0 Å². The first-order valence-electron chi connectivity index (χ1n) is 3.98. The Morgan fingerprint density at radius 1 is 1.23 bits per heavy atom. The third-order valence-electron chi connectivity index (χ3n) is 1.69. The van der Waals surface area contributed by atoms with Gasteiger partial charge in [0.25, 0.3) is 0 Å². The molecule has 1 aromatic carbocycles. The normalized spacial score (nSPS) is 10.9. The predicted octanol–water partition coefficient (Wildman–Crippen LogP) is 0.890. The van der Waals surface area contributed by atoms with Crippen molar-refractivity contribution in [3.8, 4) is 5.75 Å². The van der Waals surface area contributed by atoms with E-state index in [-0.39, 0.29) is 19.0 Å². The first-order valence-corrected chi connectivity index (χ1v) is 3.98. The SMILES string of the molecule is OC/C=C/c1ccc(O)c(CO)c1. The summed E-state index contributed by atoms with van der Waals surface area (Å²) in [7, 11) is 0. The van der Waals surface area contributed by atoms with E-state index in [1.165, 1.54) is 6.07 Å². The second-order valence-electron chi connectivity index (χ2n) is 2.63. The number of hydrogen-bond acceptors (Lipinski definition) is 3. The van der Waals surface area contributed by atoms with Crippen LogP contribution in [0.2, 0.25) is 0 Å². The molecular weight excluding hydrogens is 168 g/mol. The number of aliphatic hydroxyl groups is 2. The van der Waals surface area contributed by atoms with Gasteiger partial charge in [0.2, 0.25) is 0 Å². The highest BCUT2D eigenvalue weighted by molar-refractivity contribution is 5.53. The van der Waals surface area contributed by atoms with Crippen LogP contribution in [0, 0.1) is 0 Å². The van der Waals surface area contributed by atoms with Gasteiger partial charge in [-0.05, 0) is 17.7 Å². The van der Waals surface area contributed by atoms with Gasteiger partial charge in [-0.25, -0.2) is 0 Å². The van der Waals surface area contributed by atoms with Gasteiger partial charge < -0.3 is 15.3 Å². The standard InChI is InChI=1S/C10H12O3/c11-5-1-2-8-3-4-10(13)9(6-8)7-12/h1-4,6,11-13H,5,7H2/b2-1+. The van der Waals surface area contributed by atoms with E-state index in [1.54, 1.807) is 24.3 Å². The van der Waals surface area contributed by atoms with Crippen molar-refractivity contribution in [1.82, 2.24) is 0 Å². The maximum absolute atomic E-state index is 9.23. The van der Waals surface area contributed by atoms with Crippen molar-refractivity contribution in [2.75, 3.05) is 6.61 Å². The summed E-state index contributed by atoms with van der Waals surface area (Å²) in [4.78, 5) is 0. The van der Waals surface area contributed by atoms with E-state index < -0.39 is 0 Å². The fraction of sp³-hybridized carbons (Fsp3) is 0.200. The van der Waals surface area contributed by atoms with E-state index in [9.17, 15) is 5.11 Å². The van der Waals surface area contributed by atoms with Crippen molar-refractivity contribution in [2.24, 2.45) is 0 Å². The molecule has 0 aliphatic rings. The predicted molar refractivity (Wildman–Crippen MR) is 50.1 cm³/mol. The van der Waals surface area contributed by atoms with Crippen LogP contribution in [0.3, 0.4) is 0 Å². The summed E-state index contributed by atoms with van der Waals surface area (Å²) in [6.07, 6.45) is 3.31. The monoisotopic (exact) mass is 180 g/mol. The molecule has 1 rings (SSSR count). The summed E-state index contributed by atoms with van der Waals surface area (Å²) in [5, 5.41) is 26.6. The molecule has 3 N–H and O–H groups in total. The Hall–Kier alpha value is -1.32. The van der Waals surface area contributed by atoms with Gasteiger partial charge in [0, 0.05) is 5.56 Å². The maximum atomic E-state index is 9.23. The Labute approximate surface area is 76.6 Å². The number of benzene rings is 1. The third-order valence-corrected chi connectivity index (χ3v) is 1.69. The number of rotatable bonds is 3. The van der Waals surface area contributed by atoms with Gasteiger partial charge in [0.05, 0.1) is 13.2 Å². The van der Waals surface area contributed by atoms with Crippen molar-refractivity contribution in [1.29, 1.82) is 0 Å². The van der Waals surface area contributed by atoms with Gasteiger partial charge in [0.1, 0.15) is 5.75 Å². The molecule has 1 aromatic rings. The Morgan fingerprint density at radius 2 is 2.00 bits per heavy atom. The van der Waals surface area contributed by atoms with E-state index in [4.69, 9.17) is 10.2 Å². The number of phenols is 1. The van der Waals surface area contributed by atoms with E-state index >= 15 is 0 Å². The second kappa shape index (κ2) is 4.64. The lowest BCUT2D eigenvalue weighted by atomic mass is 10.1. The van der Waals surface area contributed by atoms with Crippen LogP contribution in [0.25, 0.3) is 6.08 Å². The van der Waals surface area contributed by atoms with Gasteiger partial charge >= 0.3 is 0 Å². The zero-order valence-corrected chi connectivity index (χ0v) is 7.14. The summed E-state index contributed by atoms with van der Waals surface area (Å²) in [6.45, 7) is -0.206. The minimum absolute atomic E-state index is 0.0185. The average Bonchev–Trinajstić information content (AvgIpc) is 2.16. The van der Waals surface area contributed by atoms with Crippen molar-refractivity contribution < 1.29 is 15.3 Å². The fourth-order valence-corrected chi connectivity index (χ4v) is 1.02. The third kappa shape index (κ3) is 2.57. The number of hydrogen-bond donors (Lipinski definition) is 3. The van der Waals surface area contributed by atoms with Gasteiger partial charge in [-0.2, -0.15) is 0 Å². The molecule has 0 saturated heterocycles. The second-order valence-corrected chi connectivity index (χ2v) is 2.63. The first-order chi connectivity index (χ1) is 6.27.